The summed E-state index contributed by atoms with van der Waals surface area (Å²) in [7, 11) is 0. The monoisotopic (exact) mass is 748 g/mol. The number of aliphatic hydroxyl groups excluding tert-OH is 7. The van der Waals surface area contributed by atoms with E-state index < -0.39 is 74.2 Å². The topological polar surface area (TPSA) is 189 Å². The van der Waals surface area contributed by atoms with Gasteiger partial charge in [0.2, 0.25) is 5.91 Å². The lowest BCUT2D eigenvalue weighted by molar-refractivity contribution is -0.303. The Bertz CT molecular complexity index is 820. The van der Waals surface area contributed by atoms with Gasteiger partial charge in [-0.1, -0.05) is 174 Å². The van der Waals surface area contributed by atoms with Crippen molar-refractivity contribution in [3.8, 4) is 0 Å². The van der Waals surface area contributed by atoms with Gasteiger partial charge >= 0.3 is 0 Å². The van der Waals surface area contributed by atoms with E-state index in [4.69, 9.17) is 9.47 Å². The van der Waals surface area contributed by atoms with E-state index in [0.717, 1.165) is 32.1 Å². The van der Waals surface area contributed by atoms with E-state index in [-0.39, 0.29) is 6.42 Å². The number of nitrogens with one attached hydrogen (secondary N) is 1. The molecule has 0 bridgehead atoms. The number of rotatable bonds is 35. The summed E-state index contributed by atoms with van der Waals surface area (Å²) in [5.74, 6) is -0.703. The fourth-order valence-corrected chi connectivity index (χ4v) is 7.03. The number of hydrogen-bond donors (Lipinski definition) is 8. The summed E-state index contributed by atoms with van der Waals surface area (Å²) < 4.78 is 10.9. The zero-order valence-corrected chi connectivity index (χ0v) is 33.1. The van der Waals surface area contributed by atoms with Crippen molar-refractivity contribution in [2.45, 2.75) is 242 Å². The normalized spacial score (nSPS) is 23.0. The van der Waals surface area contributed by atoms with Crippen LogP contribution in [0.25, 0.3) is 0 Å². The molecule has 8 N–H and O–H groups in total. The quantitative estimate of drug-likeness (QED) is 0.0360. The van der Waals surface area contributed by atoms with Crippen LogP contribution in [0.5, 0.6) is 0 Å². The molecule has 1 amide bonds. The first-order valence-corrected chi connectivity index (χ1v) is 21.4. The lowest BCUT2D eigenvalue weighted by Gasteiger charge is -2.40. The van der Waals surface area contributed by atoms with Gasteiger partial charge in [0.25, 0.3) is 0 Å². The van der Waals surface area contributed by atoms with Gasteiger partial charge < -0.3 is 50.5 Å². The molecule has 1 aliphatic rings. The molecule has 310 valence electrons. The maximum absolute atomic E-state index is 12.9. The second-order valence-corrected chi connectivity index (χ2v) is 15.4. The molecule has 0 aromatic heterocycles. The minimum absolute atomic E-state index is 0.264. The Hall–Kier alpha value is -0.890. The van der Waals surface area contributed by atoms with Crippen molar-refractivity contribution < 1.29 is 50.0 Å². The van der Waals surface area contributed by atoms with Crippen LogP contribution >= 0.6 is 0 Å². The van der Waals surface area contributed by atoms with Crippen molar-refractivity contribution in [3.05, 3.63) is 0 Å². The molecule has 1 saturated heterocycles. The standard InChI is InChI=1S/C41H81NO10/c1-3-5-7-8-9-10-11-12-13-14-15-16-17-18-19-20-21-22-23-24-25-27-29-34(45)40(50)42-32(36(46)33(44)28-26-6-4-2)31-51-41-39(49)38(48)37(47)35(30-43)52-41/h32-39,41,43-49H,3-31H2,1-2H3,(H,42,50). The summed E-state index contributed by atoms with van der Waals surface area (Å²) in [5, 5.41) is 74.5. The summed E-state index contributed by atoms with van der Waals surface area (Å²) in [6.07, 6.45) is 19.9. The number of carbonyl (C=O) groups is 1. The van der Waals surface area contributed by atoms with Gasteiger partial charge in [-0.25, -0.2) is 0 Å². The highest BCUT2D eigenvalue weighted by Gasteiger charge is 2.44. The third-order valence-electron chi connectivity index (χ3n) is 10.7. The van der Waals surface area contributed by atoms with E-state index in [1.54, 1.807) is 0 Å². The van der Waals surface area contributed by atoms with Crippen molar-refractivity contribution >= 4 is 5.91 Å². The van der Waals surface area contributed by atoms with E-state index in [1.807, 2.05) is 6.92 Å². The van der Waals surface area contributed by atoms with Gasteiger partial charge in [-0.2, -0.15) is 0 Å². The smallest absolute Gasteiger partial charge is 0.249 e. The first kappa shape index (κ1) is 49.1. The van der Waals surface area contributed by atoms with E-state index in [2.05, 4.69) is 12.2 Å². The Balaban J connectivity index is 2.22. The van der Waals surface area contributed by atoms with Gasteiger partial charge in [-0.05, 0) is 12.8 Å². The van der Waals surface area contributed by atoms with Crippen molar-refractivity contribution in [3.63, 3.8) is 0 Å². The number of aliphatic hydroxyl groups is 7. The molecule has 0 radical (unpaired) electrons. The van der Waals surface area contributed by atoms with Crippen LogP contribution < -0.4 is 5.32 Å². The average Bonchev–Trinajstić information content (AvgIpc) is 3.14. The Morgan fingerprint density at radius 3 is 1.44 bits per heavy atom. The summed E-state index contributed by atoms with van der Waals surface area (Å²) in [6, 6.07) is -1.16. The van der Waals surface area contributed by atoms with Crippen LogP contribution in [0.2, 0.25) is 0 Å². The lowest BCUT2D eigenvalue weighted by Crippen LogP contribution is -2.60. The predicted octanol–water partition coefficient (Wildman–Crippen LogP) is 5.94. The highest BCUT2D eigenvalue weighted by Crippen LogP contribution is 2.23. The van der Waals surface area contributed by atoms with Crippen molar-refractivity contribution in [1.82, 2.24) is 5.32 Å². The molecular formula is C41H81NO10. The number of unbranched alkanes of at least 4 members (excludes halogenated alkanes) is 23. The van der Waals surface area contributed by atoms with Gasteiger partial charge in [-0.3, -0.25) is 4.79 Å². The average molecular weight is 748 g/mol. The summed E-state index contributed by atoms with van der Waals surface area (Å²) >= 11 is 0. The lowest BCUT2D eigenvalue weighted by atomic mass is 9.98. The minimum atomic E-state index is -1.65. The number of amides is 1. The van der Waals surface area contributed by atoms with Crippen LogP contribution in [0.3, 0.4) is 0 Å². The molecule has 1 heterocycles. The molecule has 0 aromatic carbocycles. The van der Waals surface area contributed by atoms with Crippen LogP contribution in [-0.4, -0.2) is 110 Å². The van der Waals surface area contributed by atoms with Crippen LogP contribution in [-0.2, 0) is 14.3 Å². The van der Waals surface area contributed by atoms with Crippen molar-refractivity contribution in [2.75, 3.05) is 13.2 Å². The van der Waals surface area contributed by atoms with Crippen LogP contribution in [0, 0.1) is 0 Å². The largest absolute Gasteiger partial charge is 0.394 e. The van der Waals surface area contributed by atoms with Crippen molar-refractivity contribution in [2.24, 2.45) is 0 Å². The van der Waals surface area contributed by atoms with E-state index >= 15 is 0 Å². The summed E-state index contributed by atoms with van der Waals surface area (Å²) in [4.78, 5) is 12.9. The molecule has 0 spiro atoms. The van der Waals surface area contributed by atoms with Gasteiger partial charge in [0.05, 0.1) is 25.4 Å². The third-order valence-corrected chi connectivity index (χ3v) is 10.7. The Morgan fingerprint density at radius 1 is 0.596 bits per heavy atom. The molecule has 52 heavy (non-hydrogen) atoms. The molecule has 0 saturated carbocycles. The Labute approximate surface area is 316 Å². The molecule has 1 fully saturated rings. The van der Waals surface area contributed by atoms with E-state index in [0.29, 0.717) is 19.3 Å². The van der Waals surface area contributed by atoms with Crippen molar-refractivity contribution in [1.29, 1.82) is 0 Å². The Morgan fingerprint density at radius 2 is 1.00 bits per heavy atom. The second-order valence-electron chi connectivity index (χ2n) is 15.4. The number of carbonyl (C=O) groups excluding carboxylic acids is 1. The molecule has 11 heteroatoms. The Kier molecular flexibility index (Phi) is 30.6. The first-order chi connectivity index (χ1) is 25.2. The van der Waals surface area contributed by atoms with Gasteiger partial charge in [0.1, 0.15) is 36.6 Å². The highest BCUT2D eigenvalue weighted by molar-refractivity contribution is 5.80. The van der Waals surface area contributed by atoms with Gasteiger partial charge in [-0.15, -0.1) is 0 Å². The maximum atomic E-state index is 12.9. The molecule has 1 aliphatic heterocycles. The van der Waals surface area contributed by atoms with Gasteiger partial charge in [0.15, 0.2) is 6.29 Å². The zero-order valence-electron chi connectivity index (χ0n) is 33.1. The number of hydrogen-bond acceptors (Lipinski definition) is 10. The fourth-order valence-electron chi connectivity index (χ4n) is 7.03. The maximum Gasteiger partial charge on any atom is 0.249 e. The van der Waals surface area contributed by atoms with Crippen LogP contribution in [0.15, 0.2) is 0 Å². The number of ether oxygens (including phenoxy) is 2. The molecule has 0 aromatic rings. The zero-order chi connectivity index (χ0) is 38.4. The molecule has 1 rings (SSSR count). The minimum Gasteiger partial charge on any atom is -0.394 e. The van der Waals surface area contributed by atoms with E-state index in [9.17, 15) is 40.5 Å². The SMILES string of the molecule is CCCCCCCCCCCCCCCCCCCCCCCCC(O)C(=O)NC(COC1OC(CO)C(O)C(O)C1O)C(O)C(O)CCCCC. The molecule has 0 aliphatic carbocycles. The van der Waals surface area contributed by atoms with Gasteiger partial charge in [0, 0.05) is 0 Å². The highest BCUT2D eigenvalue weighted by atomic mass is 16.7. The first-order valence-electron chi connectivity index (χ1n) is 21.4. The fraction of sp³-hybridized carbons (Fsp3) is 0.976. The summed E-state index contributed by atoms with van der Waals surface area (Å²) in [6.45, 7) is 3.24. The van der Waals surface area contributed by atoms with Crippen LogP contribution in [0.1, 0.15) is 187 Å². The van der Waals surface area contributed by atoms with E-state index in [1.165, 1.54) is 116 Å². The molecule has 11 nitrogen and oxygen atoms in total. The molecule has 9 unspecified atom stereocenters. The second kappa shape index (κ2) is 32.4. The summed E-state index contributed by atoms with van der Waals surface area (Å²) in [5.41, 5.74) is 0. The third kappa shape index (κ3) is 22.5. The predicted molar refractivity (Wildman–Crippen MR) is 206 cm³/mol. The molecule has 9 atom stereocenters. The molecular weight excluding hydrogens is 666 g/mol. The van der Waals surface area contributed by atoms with Crippen LogP contribution in [0.4, 0.5) is 0 Å².